The van der Waals surface area contributed by atoms with Gasteiger partial charge < -0.3 is 15.3 Å². The summed E-state index contributed by atoms with van der Waals surface area (Å²) in [5.41, 5.74) is 1.76. The lowest BCUT2D eigenvalue weighted by Crippen LogP contribution is -2.66. The maximum absolute atomic E-state index is 13.0. The fourth-order valence-corrected chi connectivity index (χ4v) is 14.3. The smallest absolute Gasteiger partial charge is 0.321 e. The van der Waals surface area contributed by atoms with Crippen LogP contribution in [0, 0.1) is 67.5 Å². The van der Waals surface area contributed by atoms with Gasteiger partial charge in [-0.1, -0.05) is 58.9 Å². The molecule has 0 heterocycles. The first-order valence-corrected chi connectivity index (χ1v) is 17.6. The molecule has 1 unspecified atom stereocenters. The standard InChI is InChI=1S/C39H54O6/c1-22(2)24-10-15-38(30(40)41)17-16-35(6)26(29(24)38)8-9-28-34(5)13-11-25(33(3,4)27(34)12-14-36(28,35)7)23-18-37(19-23)20-39(21-37,31(42)43)32(44)45/h11,18,24,26-29H,1,8-10,12-17,19-21H2,2-7H3,(H,40,41)(H,42,43)(H,44,45)/t24-,26?,27-,28+,29+,34-,35+,36+,38-/m0/s1. The largest absolute Gasteiger partial charge is 0.481 e. The highest BCUT2D eigenvalue weighted by atomic mass is 16.4. The molecule has 7 aliphatic carbocycles. The first kappa shape index (κ1) is 31.2. The Morgan fingerprint density at radius 3 is 2.02 bits per heavy atom. The minimum Gasteiger partial charge on any atom is -0.481 e. The van der Waals surface area contributed by atoms with E-state index in [9.17, 15) is 29.7 Å². The van der Waals surface area contributed by atoms with Gasteiger partial charge in [-0.3, -0.25) is 14.4 Å². The molecule has 7 rings (SSSR count). The van der Waals surface area contributed by atoms with Crippen molar-refractivity contribution >= 4 is 17.9 Å². The second-order valence-corrected chi connectivity index (χ2v) is 18.4. The van der Waals surface area contributed by atoms with Gasteiger partial charge in [-0.25, -0.2) is 0 Å². The van der Waals surface area contributed by atoms with Gasteiger partial charge in [-0.15, -0.1) is 0 Å². The van der Waals surface area contributed by atoms with Crippen molar-refractivity contribution in [2.24, 2.45) is 67.5 Å². The van der Waals surface area contributed by atoms with E-state index in [1.54, 1.807) is 0 Å². The number of hydrogen-bond acceptors (Lipinski definition) is 3. The summed E-state index contributed by atoms with van der Waals surface area (Å²) in [7, 11) is 0. The van der Waals surface area contributed by atoms with Crippen LogP contribution >= 0.6 is 0 Å². The van der Waals surface area contributed by atoms with Crippen molar-refractivity contribution < 1.29 is 29.7 Å². The molecular formula is C39H54O6. The third-order valence-electron chi connectivity index (χ3n) is 16.6. The van der Waals surface area contributed by atoms with Gasteiger partial charge in [0.05, 0.1) is 5.41 Å². The van der Waals surface area contributed by atoms with Gasteiger partial charge in [0, 0.05) is 0 Å². The van der Waals surface area contributed by atoms with Crippen LogP contribution in [0.4, 0.5) is 0 Å². The Labute approximate surface area is 268 Å². The van der Waals surface area contributed by atoms with Crippen LogP contribution in [0.15, 0.2) is 35.5 Å². The summed E-state index contributed by atoms with van der Waals surface area (Å²) in [6, 6.07) is 0. The molecule has 0 aromatic carbocycles. The Bertz CT molecular complexity index is 1440. The molecule has 6 nitrogen and oxygen atoms in total. The van der Waals surface area contributed by atoms with Gasteiger partial charge in [0.25, 0.3) is 0 Å². The summed E-state index contributed by atoms with van der Waals surface area (Å²) in [4.78, 5) is 36.6. The van der Waals surface area contributed by atoms with E-state index in [4.69, 9.17) is 0 Å². The van der Waals surface area contributed by atoms with Crippen molar-refractivity contribution in [1.82, 2.24) is 0 Å². The summed E-state index contributed by atoms with van der Waals surface area (Å²) >= 11 is 0. The third-order valence-corrected chi connectivity index (χ3v) is 16.6. The lowest BCUT2D eigenvalue weighted by molar-refractivity contribution is -0.229. The molecule has 0 amide bonds. The molecule has 5 fully saturated rings. The number of carboxylic acids is 3. The van der Waals surface area contributed by atoms with Crippen molar-refractivity contribution in [3.05, 3.63) is 35.5 Å². The summed E-state index contributed by atoms with van der Waals surface area (Å²) in [5.74, 6) is -0.980. The third kappa shape index (κ3) is 3.61. The normalized spacial score (nSPS) is 46.5. The molecule has 45 heavy (non-hydrogen) atoms. The molecule has 6 heteroatoms. The van der Waals surface area contributed by atoms with E-state index in [-0.39, 0.29) is 45.8 Å². The number of allylic oxidation sites excluding steroid dienone is 5. The highest BCUT2D eigenvalue weighted by molar-refractivity contribution is 6.00. The predicted molar refractivity (Wildman–Crippen MR) is 172 cm³/mol. The molecule has 246 valence electrons. The highest BCUT2D eigenvalue weighted by Crippen LogP contribution is 2.78. The minimum absolute atomic E-state index is 0.0263. The number of carbonyl (C=O) groups is 3. The quantitative estimate of drug-likeness (QED) is 0.210. The first-order chi connectivity index (χ1) is 20.8. The zero-order valence-electron chi connectivity index (χ0n) is 28.3. The zero-order valence-corrected chi connectivity index (χ0v) is 28.3. The van der Waals surface area contributed by atoms with E-state index in [0.717, 1.165) is 57.8 Å². The maximum atomic E-state index is 13.0. The van der Waals surface area contributed by atoms with Gasteiger partial charge in [0.15, 0.2) is 5.41 Å². The van der Waals surface area contributed by atoms with Gasteiger partial charge in [0.2, 0.25) is 0 Å². The number of carboxylic acid groups (broad SMARTS) is 3. The van der Waals surface area contributed by atoms with Crippen LogP contribution < -0.4 is 0 Å². The molecule has 5 saturated carbocycles. The van der Waals surface area contributed by atoms with Crippen LogP contribution in [0.1, 0.15) is 119 Å². The van der Waals surface area contributed by atoms with Gasteiger partial charge in [-0.05, 0) is 152 Å². The Morgan fingerprint density at radius 1 is 0.800 bits per heavy atom. The lowest BCUT2D eigenvalue weighted by Gasteiger charge is -2.72. The molecule has 3 N–H and O–H groups in total. The van der Waals surface area contributed by atoms with Gasteiger partial charge in [-0.2, -0.15) is 0 Å². The molecule has 9 atom stereocenters. The molecule has 0 bridgehead atoms. The van der Waals surface area contributed by atoms with E-state index < -0.39 is 28.7 Å². The number of hydrogen-bond donors (Lipinski definition) is 3. The van der Waals surface area contributed by atoms with Crippen molar-refractivity contribution in [2.75, 3.05) is 0 Å². The number of aliphatic carboxylic acids is 3. The van der Waals surface area contributed by atoms with E-state index in [1.165, 1.54) is 23.1 Å². The van der Waals surface area contributed by atoms with E-state index in [1.807, 2.05) is 0 Å². The van der Waals surface area contributed by atoms with Gasteiger partial charge >= 0.3 is 17.9 Å². The Kier molecular flexibility index (Phi) is 6.36. The van der Waals surface area contributed by atoms with Crippen LogP contribution in [-0.4, -0.2) is 33.2 Å². The van der Waals surface area contributed by atoms with Crippen LogP contribution in [0.5, 0.6) is 0 Å². The van der Waals surface area contributed by atoms with E-state index >= 15 is 0 Å². The topological polar surface area (TPSA) is 112 Å². The summed E-state index contributed by atoms with van der Waals surface area (Å²) in [6.07, 6.45) is 15.1. The number of rotatable bonds is 5. The van der Waals surface area contributed by atoms with Crippen LogP contribution in [-0.2, 0) is 14.4 Å². The number of fused-ring (bicyclic) bond motifs is 7. The lowest BCUT2D eigenvalue weighted by atomic mass is 9.32. The molecule has 7 aliphatic rings. The monoisotopic (exact) mass is 618 g/mol. The molecule has 0 aromatic heterocycles. The van der Waals surface area contributed by atoms with Crippen molar-refractivity contribution in [3.8, 4) is 0 Å². The minimum atomic E-state index is -1.63. The molecule has 0 saturated heterocycles. The molecule has 0 aliphatic heterocycles. The van der Waals surface area contributed by atoms with Crippen LogP contribution in [0.2, 0.25) is 0 Å². The maximum Gasteiger partial charge on any atom is 0.321 e. The Balaban J connectivity index is 1.18. The fourth-order valence-electron chi connectivity index (χ4n) is 14.3. The molecule has 0 radical (unpaired) electrons. The van der Waals surface area contributed by atoms with Crippen molar-refractivity contribution in [2.45, 2.75) is 119 Å². The van der Waals surface area contributed by atoms with Crippen molar-refractivity contribution in [3.63, 3.8) is 0 Å². The average molecular weight is 619 g/mol. The fraction of sp³-hybridized carbons (Fsp3) is 0.769. The second-order valence-electron chi connectivity index (χ2n) is 18.4. The highest BCUT2D eigenvalue weighted by Gasteiger charge is 2.72. The summed E-state index contributed by atoms with van der Waals surface area (Å²) in [6.45, 7) is 19.0. The van der Waals surface area contributed by atoms with Gasteiger partial charge in [0.1, 0.15) is 0 Å². The molecule has 1 spiro atoms. The first-order valence-electron chi connectivity index (χ1n) is 17.6. The molecular weight excluding hydrogens is 564 g/mol. The summed E-state index contributed by atoms with van der Waals surface area (Å²) in [5, 5.41) is 29.9. The average Bonchev–Trinajstić information content (AvgIpc) is 3.29. The zero-order chi connectivity index (χ0) is 32.8. The Morgan fingerprint density at radius 2 is 1.44 bits per heavy atom. The molecule has 0 aromatic rings. The SMILES string of the molecule is C=C(C)[C@@H]1CC[C@]2(C(=O)O)CC[C@]3(C)C(CC[C@@H]4[C@@]5(C)CC=C(C6=CC7(C6)CC(C(=O)O)(C(=O)O)C7)C(C)(C)[C@@H]5CC[C@]43C)[C@@H]12. The van der Waals surface area contributed by atoms with E-state index in [0.29, 0.717) is 23.7 Å². The van der Waals surface area contributed by atoms with Crippen LogP contribution in [0.3, 0.4) is 0 Å². The van der Waals surface area contributed by atoms with E-state index in [2.05, 4.69) is 60.3 Å². The second kappa shape index (κ2) is 9.16. The van der Waals surface area contributed by atoms with Crippen molar-refractivity contribution in [1.29, 1.82) is 0 Å². The summed E-state index contributed by atoms with van der Waals surface area (Å²) < 4.78 is 0. The Hall–Kier alpha value is -2.37. The van der Waals surface area contributed by atoms with Crippen LogP contribution in [0.25, 0.3) is 0 Å². The predicted octanol–water partition coefficient (Wildman–Crippen LogP) is 8.53.